The van der Waals surface area contributed by atoms with Crippen LogP contribution in [-0.2, 0) is 19.2 Å². The minimum atomic E-state index is -0.703. The quantitative estimate of drug-likeness (QED) is 0.176. The molecule has 0 bridgehead atoms. The number of phenolic OH excluding ortho intramolecular Hbond substituents is 1. The largest absolute Gasteiger partial charge is 0.508 e. The summed E-state index contributed by atoms with van der Waals surface area (Å²) in [6.45, 7) is 1.95. The Morgan fingerprint density at radius 3 is 2.39 bits per heavy atom. The summed E-state index contributed by atoms with van der Waals surface area (Å²) in [4.78, 5) is 55.0. The molecular formula is C27H41N5O5S. The first-order valence-corrected chi connectivity index (χ1v) is 14.1. The van der Waals surface area contributed by atoms with Crippen LogP contribution in [0.25, 0.3) is 0 Å². The summed E-state index contributed by atoms with van der Waals surface area (Å²) in [6, 6.07) is 4.62. The van der Waals surface area contributed by atoms with Crippen LogP contribution in [0.3, 0.4) is 0 Å². The van der Waals surface area contributed by atoms with Crippen molar-refractivity contribution in [2.45, 2.75) is 63.1 Å². The fourth-order valence-corrected chi connectivity index (χ4v) is 5.36. The van der Waals surface area contributed by atoms with E-state index < -0.39 is 24.0 Å². The number of aromatic hydroxyl groups is 1. The third kappa shape index (κ3) is 7.86. The number of nitrogens with one attached hydrogen (secondary N) is 3. The van der Waals surface area contributed by atoms with Crippen LogP contribution in [0.1, 0.15) is 56.6 Å². The molecule has 10 nitrogen and oxygen atoms in total. The molecule has 0 aromatic heterocycles. The lowest BCUT2D eigenvalue weighted by Gasteiger charge is -2.38. The van der Waals surface area contributed by atoms with Gasteiger partial charge in [-0.2, -0.15) is 12.6 Å². The van der Waals surface area contributed by atoms with Crippen LogP contribution < -0.4 is 16.0 Å². The molecule has 0 aliphatic carbocycles. The minimum Gasteiger partial charge on any atom is -0.508 e. The molecule has 0 spiro atoms. The number of hydrogen-bond donors (Lipinski definition) is 5. The molecule has 3 rings (SSSR count). The Morgan fingerprint density at radius 1 is 1.05 bits per heavy atom. The molecule has 210 valence electrons. The zero-order chi connectivity index (χ0) is 27.7. The van der Waals surface area contributed by atoms with Crippen molar-refractivity contribution in [3.8, 4) is 5.75 Å². The van der Waals surface area contributed by atoms with Gasteiger partial charge >= 0.3 is 0 Å². The monoisotopic (exact) mass is 547 g/mol. The average Bonchev–Trinajstić information content (AvgIpc) is 3.30. The SMILES string of the molecule is CN(C)CCCC[C@@H]1NC(=O)[C@@H]2C[C@H](C(=O)NCCCCCNC(=O)CS)[C@H](c3ccc(O)cc3)N2C1=O. The molecule has 0 saturated carbocycles. The third-order valence-electron chi connectivity index (χ3n) is 7.20. The summed E-state index contributed by atoms with van der Waals surface area (Å²) in [5, 5.41) is 18.5. The maximum absolute atomic E-state index is 13.6. The number of thiol groups is 1. The fourth-order valence-electron chi connectivity index (χ4n) is 5.24. The van der Waals surface area contributed by atoms with Crippen molar-refractivity contribution in [3.05, 3.63) is 29.8 Å². The number of phenols is 1. The van der Waals surface area contributed by atoms with Crippen molar-refractivity contribution in [1.82, 2.24) is 25.8 Å². The Hall–Kier alpha value is -2.79. The second kappa shape index (κ2) is 14.4. The second-order valence-electron chi connectivity index (χ2n) is 10.4. The average molecular weight is 548 g/mol. The lowest BCUT2D eigenvalue weighted by Crippen LogP contribution is -2.61. The van der Waals surface area contributed by atoms with Crippen molar-refractivity contribution in [2.24, 2.45) is 5.92 Å². The molecule has 38 heavy (non-hydrogen) atoms. The van der Waals surface area contributed by atoms with Gasteiger partial charge in [-0.05, 0) is 83.3 Å². The lowest BCUT2D eigenvalue weighted by molar-refractivity contribution is -0.149. The Labute approximate surface area is 230 Å². The van der Waals surface area contributed by atoms with E-state index in [-0.39, 0.29) is 41.6 Å². The van der Waals surface area contributed by atoms with Crippen molar-refractivity contribution >= 4 is 36.3 Å². The van der Waals surface area contributed by atoms with E-state index in [2.05, 4.69) is 33.5 Å². The first kappa shape index (κ1) is 29.8. The molecule has 0 radical (unpaired) electrons. The van der Waals surface area contributed by atoms with Gasteiger partial charge in [0.2, 0.25) is 23.6 Å². The normalized spacial score (nSPS) is 22.8. The minimum absolute atomic E-state index is 0.0938. The number of amides is 4. The van der Waals surface area contributed by atoms with Gasteiger partial charge in [-0.1, -0.05) is 12.1 Å². The third-order valence-corrected chi connectivity index (χ3v) is 7.49. The highest BCUT2D eigenvalue weighted by Crippen LogP contribution is 2.43. The summed E-state index contributed by atoms with van der Waals surface area (Å²) < 4.78 is 0. The molecule has 2 aliphatic heterocycles. The predicted molar refractivity (Wildman–Crippen MR) is 148 cm³/mol. The smallest absolute Gasteiger partial charge is 0.246 e. The van der Waals surface area contributed by atoms with Gasteiger partial charge in [0.1, 0.15) is 17.8 Å². The Kier molecular flexibility index (Phi) is 11.3. The Morgan fingerprint density at radius 2 is 1.74 bits per heavy atom. The van der Waals surface area contributed by atoms with Crippen LogP contribution in [0.2, 0.25) is 0 Å². The first-order chi connectivity index (χ1) is 18.2. The summed E-state index contributed by atoms with van der Waals surface area (Å²) >= 11 is 3.93. The van der Waals surface area contributed by atoms with Crippen LogP contribution in [0, 0.1) is 5.92 Å². The number of carbonyl (C=O) groups is 4. The molecule has 0 unspecified atom stereocenters. The molecule has 1 aromatic carbocycles. The molecule has 2 saturated heterocycles. The first-order valence-electron chi connectivity index (χ1n) is 13.4. The van der Waals surface area contributed by atoms with Gasteiger partial charge in [-0.15, -0.1) is 0 Å². The van der Waals surface area contributed by atoms with Crippen molar-refractivity contribution in [2.75, 3.05) is 39.5 Å². The van der Waals surface area contributed by atoms with Gasteiger partial charge in [-0.3, -0.25) is 19.2 Å². The molecule has 1 aromatic rings. The van der Waals surface area contributed by atoms with Gasteiger partial charge in [0.05, 0.1) is 17.7 Å². The molecule has 2 aliphatic rings. The lowest BCUT2D eigenvalue weighted by atomic mass is 9.92. The van der Waals surface area contributed by atoms with E-state index in [1.807, 2.05) is 14.1 Å². The Bertz CT molecular complexity index is 973. The number of fused-ring (bicyclic) bond motifs is 1. The van der Waals surface area contributed by atoms with E-state index in [9.17, 15) is 24.3 Å². The summed E-state index contributed by atoms with van der Waals surface area (Å²) in [5.41, 5.74) is 0.722. The van der Waals surface area contributed by atoms with Crippen LogP contribution in [-0.4, -0.2) is 90.1 Å². The maximum Gasteiger partial charge on any atom is 0.246 e. The van der Waals surface area contributed by atoms with E-state index >= 15 is 0 Å². The Balaban J connectivity index is 1.66. The van der Waals surface area contributed by atoms with Gasteiger partial charge in [-0.25, -0.2) is 0 Å². The van der Waals surface area contributed by atoms with E-state index in [1.165, 1.54) is 12.1 Å². The predicted octanol–water partition coefficient (Wildman–Crippen LogP) is 1.21. The number of piperazine rings is 1. The number of hydrogen-bond acceptors (Lipinski definition) is 7. The highest BCUT2D eigenvalue weighted by atomic mass is 32.1. The van der Waals surface area contributed by atoms with Gasteiger partial charge in [0.25, 0.3) is 0 Å². The molecule has 4 N–H and O–H groups in total. The topological polar surface area (TPSA) is 131 Å². The molecule has 4 amide bonds. The highest BCUT2D eigenvalue weighted by molar-refractivity contribution is 7.81. The molecule has 2 fully saturated rings. The van der Waals surface area contributed by atoms with E-state index in [0.29, 0.717) is 19.5 Å². The summed E-state index contributed by atoms with van der Waals surface area (Å²) in [6.07, 6.45) is 4.91. The zero-order valence-electron chi connectivity index (χ0n) is 22.3. The van der Waals surface area contributed by atoms with Crippen LogP contribution in [0.4, 0.5) is 0 Å². The summed E-state index contributed by atoms with van der Waals surface area (Å²) in [5.74, 6) is -0.994. The number of rotatable bonds is 14. The van der Waals surface area contributed by atoms with E-state index in [4.69, 9.17) is 0 Å². The van der Waals surface area contributed by atoms with Gasteiger partial charge in [0, 0.05) is 13.1 Å². The second-order valence-corrected chi connectivity index (χ2v) is 10.7. The maximum atomic E-state index is 13.6. The molecule has 2 heterocycles. The van der Waals surface area contributed by atoms with Crippen LogP contribution >= 0.6 is 12.6 Å². The van der Waals surface area contributed by atoms with Gasteiger partial charge in [0.15, 0.2) is 0 Å². The van der Waals surface area contributed by atoms with Crippen LogP contribution in [0.15, 0.2) is 24.3 Å². The van der Waals surface area contributed by atoms with Crippen molar-refractivity contribution < 1.29 is 24.3 Å². The zero-order valence-corrected chi connectivity index (χ0v) is 23.2. The number of carbonyl (C=O) groups excluding carboxylic acids is 4. The molecule has 4 atom stereocenters. The summed E-state index contributed by atoms with van der Waals surface area (Å²) in [7, 11) is 4.00. The van der Waals surface area contributed by atoms with E-state index in [1.54, 1.807) is 17.0 Å². The number of nitrogens with zero attached hydrogens (tertiary/aromatic N) is 2. The van der Waals surface area contributed by atoms with Crippen molar-refractivity contribution in [1.29, 1.82) is 0 Å². The molecular weight excluding hydrogens is 506 g/mol. The standard InChI is InChI=1S/C27H41N5O5S/c1-31(2)15-7-4-8-21-27(37)32-22(26(36)30-21)16-20(24(32)18-9-11-19(33)12-10-18)25(35)29-14-6-3-5-13-28-23(34)17-38/h9-12,20-22,24,33,38H,3-8,13-17H2,1-2H3,(H,28,34)(H,29,35)(H,30,36)/t20-,21-,22-,24-/m0/s1. The number of benzene rings is 1. The van der Waals surface area contributed by atoms with Crippen LogP contribution in [0.5, 0.6) is 5.75 Å². The van der Waals surface area contributed by atoms with Gasteiger partial charge < -0.3 is 30.9 Å². The number of unbranched alkanes of at least 4 members (excludes halogenated alkanes) is 3. The van der Waals surface area contributed by atoms with E-state index in [0.717, 1.165) is 44.2 Å². The highest BCUT2D eigenvalue weighted by Gasteiger charge is 2.54. The van der Waals surface area contributed by atoms with Crippen molar-refractivity contribution in [3.63, 3.8) is 0 Å². The fraction of sp³-hybridized carbons (Fsp3) is 0.630. The molecule has 11 heteroatoms.